The fourth-order valence-corrected chi connectivity index (χ4v) is 2.67. The van der Waals surface area contributed by atoms with Gasteiger partial charge in [-0.15, -0.1) is 0 Å². The Labute approximate surface area is 95.5 Å². The van der Waals surface area contributed by atoms with Gasteiger partial charge in [0, 0.05) is 11.5 Å². The Kier molecular flexibility index (Phi) is 1.96. The minimum Gasteiger partial charge on any atom is -0.453 e. The first kappa shape index (κ1) is 10.5. The molecule has 0 aliphatic heterocycles. The highest BCUT2D eigenvalue weighted by atomic mass is 19.3. The van der Waals surface area contributed by atoms with E-state index in [2.05, 4.69) is 20.3 Å². The Balaban J connectivity index is 1.99. The van der Waals surface area contributed by atoms with E-state index in [1.165, 1.54) is 7.11 Å². The van der Waals surface area contributed by atoms with E-state index in [1.807, 2.05) is 0 Å². The number of hydrogen-bond donors (Lipinski definition) is 2. The van der Waals surface area contributed by atoms with Gasteiger partial charge in [0.2, 0.25) is 0 Å². The second-order valence-electron chi connectivity index (χ2n) is 4.39. The third-order valence-electron chi connectivity index (χ3n) is 3.65. The van der Waals surface area contributed by atoms with Crippen LogP contribution in [0.25, 0.3) is 0 Å². The summed E-state index contributed by atoms with van der Waals surface area (Å²) in [6.45, 7) is 0. The summed E-state index contributed by atoms with van der Waals surface area (Å²) in [5, 5.41) is 8.42. The molecular formula is C10H11F2N3O2. The molecule has 1 aromatic heterocycles. The van der Waals surface area contributed by atoms with Gasteiger partial charge in [0.1, 0.15) is 5.69 Å². The maximum absolute atomic E-state index is 13.8. The van der Waals surface area contributed by atoms with Crippen LogP contribution in [0, 0.1) is 5.92 Å². The van der Waals surface area contributed by atoms with Gasteiger partial charge in [0.05, 0.1) is 7.11 Å². The smallest absolute Gasteiger partial charge is 0.412 e. The van der Waals surface area contributed by atoms with Gasteiger partial charge in [0.25, 0.3) is 5.92 Å². The van der Waals surface area contributed by atoms with Crippen LogP contribution in [0.2, 0.25) is 0 Å². The van der Waals surface area contributed by atoms with Crippen LogP contribution in [-0.4, -0.2) is 23.4 Å². The van der Waals surface area contributed by atoms with Gasteiger partial charge in [-0.1, -0.05) is 0 Å². The number of hydrogen-bond acceptors (Lipinski definition) is 3. The van der Waals surface area contributed by atoms with Crippen LogP contribution < -0.4 is 5.32 Å². The molecule has 2 aliphatic rings. The number of fused-ring (bicyclic) bond motifs is 3. The maximum Gasteiger partial charge on any atom is 0.412 e. The second-order valence-corrected chi connectivity index (χ2v) is 4.39. The Morgan fingerprint density at radius 2 is 2.35 bits per heavy atom. The number of aromatic nitrogens is 2. The number of H-pyrrole nitrogens is 1. The van der Waals surface area contributed by atoms with E-state index in [4.69, 9.17) is 0 Å². The van der Waals surface area contributed by atoms with Crippen LogP contribution in [0.4, 0.5) is 19.4 Å². The van der Waals surface area contributed by atoms with Crippen molar-refractivity contribution < 1.29 is 18.3 Å². The van der Waals surface area contributed by atoms with Gasteiger partial charge < -0.3 is 4.74 Å². The zero-order valence-electron chi connectivity index (χ0n) is 9.09. The molecule has 0 saturated heterocycles. The SMILES string of the molecule is COC(=O)Nc1n[nH]c2c1[C@H]1CC[C@@H]1C2(F)F. The Morgan fingerprint density at radius 1 is 1.59 bits per heavy atom. The summed E-state index contributed by atoms with van der Waals surface area (Å²) in [7, 11) is 1.21. The lowest BCUT2D eigenvalue weighted by molar-refractivity contribution is -0.0905. The Hall–Kier alpha value is -1.66. The van der Waals surface area contributed by atoms with E-state index in [-0.39, 0.29) is 17.4 Å². The molecule has 5 nitrogen and oxygen atoms in total. The lowest BCUT2D eigenvalue weighted by Gasteiger charge is -2.33. The molecule has 1 heterocycles. The van der Waals surface area contributed by atoms with Crippen molar-refractivity contribution in [1.29, 1.82) is 0 Å². The summed E-state index contributed by atoms with van der Waals surface area (Å²) >= 11 is 0. The molecule has 7 heteroatoms. The molecular weight excluding hydrogens is 232 g/mol. The Bertz CT molecular complexity index is 486. The molecule has 1 aromatic rings. The molecule has 2 N–H and O–H groups in total. The third kappa shape index (κ3) is 1.22. The fourth-order valence-electron chi connectivity index (χ4n) is 2.67. The van der Waals surface area contributed by atoms with Crippen molar-refractivity contribution in [2.75, 3.05) is 12.4 Å². The van der Waals surface area contributed by atoms with Crippen LogP contribution in [-0.2, 0) is 10.7 Å². The minimum atomic E-state index is -2.86. The molecule has 92 valence electrons. The lowest BCUT2D eigenvalue weighted by atomic mass is 9.73. The van der Waals surface area contributed by atoms with E-state index in [1.54, 1.807) is 0 Å². The number of amides is 1. The number of methoxy groups -OCH3 is 1. The van der Waals surface area contributed by atoms with E-state index in [9.17, 15) is 13.6 Å². The van der Waals surface area contributed by atoms with Crippen molar-refractivity contribution in [2.24, 2.45) is 5.92 Å². The summed E-state index contributed by atoms with van der Waals surface area (Å²) in [5.41, 5.74) is 0.285. The van der Waals surface area contributed by atoms with Gasteiger partial charge in [-0.3, -0.25) is 10.4 Å². The Morgan fingerprint density at radius 3 is 2.94 bits per heavy atom. The summed E-state index contributed by atoms with van der Waals surface area (Å²) in [6, 6.07) is 0. The first-order valence-electron chi connectivity index (χ1n) is 5.37. The normalized spacial score (nSPS) is 27.9. The minimum absolute atomic E-state index is 0.156. The summed E-state index contributed by atoms with van der Waals surface area (Å²) < 4.78 is 32.1. The number of carbonyl (C=O) groups excluding carboxylic acids is 1. The quantitative estimate of drug-likeness (QED) is 0.794. The average Bonchev–Trinajstić information content (AvgIpc) is 2.65. The van der Waals surface area contributed by atoms with Crippen molar-refractivity contribution in [3.63, 3.8) is 0 Å². The number of alkyl halides is 2. The van der Waals surface area contributed by atoms with Crippen molar-refractivity contribution in [3.8, 4) is 0 Å². The fraction of sp³-hybridized carbons (Fsp3) is 0.600. The zero-order chi connectivity index (χ0) is 12.2. The molecule has 2 aliphatic carbocycles. The van der Waals surface area contributed by atoms with Crippen LogP contribution in [0.3, 0.4) is 0 Å². The van der Waals surface area contributed by atoms with Gasteiger partial charge in [-0.25, -0.2) is 4.79 Å². The predicted octanol–water partition coefficient (Wildman–Crippen LogP) is 2.19. The molecule has 0 radical (unpaired) electrons. The second kappa shape index (κ2) is 3.18. The van der Waals surface area contributed by atoms with E-state index < -0.39 is 17.9 Å². The average molecular weight is 243 g/mol. The summed E-state index contributed by atoms with van der Waals surface area (Å²) in [4.78, 5) is 11.1. The van der Waals surface area contributed by atoms with Crippen LogP contribution in [0.1, 0.15) is 30.0 Å². The van der Waals surface area contributed by atoms with Gasteiger partial charge in [0.15, 0.2) is 5.82 Å². The summed E-state index contributed by atoms with van der Waals surface area (Å²) in [5.74, 6) is -3.55. The topological polar surface area (TPSA) is 67.0 Å². The number of anilines is 1. The number of nitrogens with one attached hydrogen (secondary N) is 2. The lowest BCUT2D eigenvalue weighted by Crippen LogP contribution is -2.31. The largest absolute Gasteiger partial charge is 0.453 e. The zero-order valence-corrected chi connectivity index (χ0v) is 9.09. The molecule has 0 spiro atoms. The molecule has 0 bridgehead atoms. The number of rotatable bonds is 1. The standard InChI is InChI=1S/C10H11F2N3O2/c1-17-9(16)13-8-6-4-2-3-5(4)10(11,12)7(6)14-15-8/h4-5H,2-3H2,1H3,(H2,13,14,15,16)/t4-,5-/m0/s1. The van der Waals surface area contributed by atoms with E-state index in [0.29, 0.717) is 18.4 Å². The van der Waals surface area contributed by atoms with Gasteiger partial charge in [-0.05, 0) is 18.8 Å². The molecule has 1 saturated carbocycles. The first-order chi connectivity index (χ1) is 8.05. The predicted molar refractivity (Wildman–Crippen MR) is 54.0 cm³/mol. The highest BCUT2D eigenvalue weighted by Gasteiger charge is 2.60. The highest BCUT2D eigenvalue weighted by Crippen LogP contribution is 2.62. The van der Waals surface area contributed by atoms with Crippen molar-refractivity contribution in [2.45, 2.75) is 24.7 Å². The molecule has 1 fully saturated rings. The monoisotopic (exact) mass is 243 g/mol. The number of ether oxygens (including phenoxy) is 1. The maximum atomic E-state index is 13.8. The molecule has 17 heavy (non-hydrogen) atoms. The third-order valence-corrected chi connectivity index (χ3v) is 3.65. The molecule has 3 rings (SSSR count). The number of aromatic amines is 1. The number of halogens is 2. The first-order valence-corrected chi connectivity index (χ1v) is 5.37. The van der Waals surface area contributed by atoms with Crippen molar-refractivity contribution in [3.05, 3.63) is 11.3 Å². The van der Waals surface area contributed by atoms with Crippen LogP contribution in [0.15, 0.2) is 0 Å². The number of carbonyl (C=O) groups is 1. The van der Waals surface area contributed by atoms with E-state index >= 15 is 0 Å². The number of nitrogens with zero attached hydrogens (tertiary/aromatic N) is 1. The van der Waals surface area contributed by atoms with Crippen molar-refractivity contribution >= 4 is 11.9 Å². The van der Waals surface area contributed by atoms with Gasteiger partial charge in [-0.2, -0.15) is 13.9 Å². The summed E-state index contributed by atoms with van der Waals surface area (Å²) in [6.07, 6.45) is 0.519. The highest BCUT2D eigenvalue weighted by molar-refractivity contribution is 5.84. The molecule has 0 aromatic carbocycles. The van der Waals surface area contributed by atoms with Crippen molar-refractivity contribution in [1.82, 2.24) is 10.2 Å². The van der Waals surface area contributed by atoms with Crippen LogP contribution >= 0.6 is 0 Å². The molecule has 2 atom stereocenters. The van der Waals surface area contributed by atoms with Gasteiger partial charge >= 0.3 is 6.09 Å². The van der Waals surface area contributed by atoms with E-state index in [0.717, 1.165) is 0 Å². The molecule has 0 unspecified atom stereocenters. The van der Waals surface area contributed by atoms with Crippen LogP contribution in [0.5, 0.6) is 0 Å². The molecule has 1 amide bonds.